The van der Waals surface area contributed by atoms with E-state index in [0.29, 0.717) is 6.04 Å². The van der Waals surface area contributed by atoms with E-state index in [1.165, 1.54) is 25.8 Å². The van der Waals surface area contributed by atoms with Crippen molar-refractivity contribution in [1.82, 2.24) is 9.80 Å². The quantitative estimate of drug-likeness (QED) is 0.482. The maximum absolute atomic E-state index is 4.23. The highest BCUT2D eigenvalue weighted by Crippen LogP contribution is 2.04. The Morgan fingerprint density at radius 3 is 2.27 bits per heavy atom. The van der Waals surface area contributed by atoms with Crippen LogP contribution in [0.5, 0.6) is 0 Å². The van der Waals surface area contributed by atoms with E-state index in [0.717, 1.165) is 18.8 Å². The molecule has 0 fully saturated rings. The lowest BCUT2D eigenvalue weighted by Gasteiger charge is -2.29. The highest BCUT2D eigenvalue weighted by molar-refractivity contribution is 7.80. The standard InChI is InChI=1S/C12H28N2S/c1-5-14(9-7-6-8-10-15)12(2)11-13(3)4/h12,15H,5-11H2,1-4H3. The van der Waals surface area contributed by atoms with E-state index in [2.05, 4.69) is 50.4 Å². The molecular weight excluding hydrogens is 204 g/mol. The first kappa shape index (κ1) is 15.3. The largest absolute Gasteiger partial charge is 0.308 e. The van der Waals surface area contributed by atoms with Crippen LogP contribution >= 0.6 is 12.6 Å². The number of hydrogen-bond acceptors (Lipinski definition) is 3. The van der Waals surface area contributed by atoms with E-state index in [-0.39, 0.29) is 0 Å². The molecule has 0 N–H and O–H groups in total. The molecule has 0 aliphatic heterocycles. The molecule has 3 heteroatoms. The van der Waals surface area contributed by atoms with Crippen LogP contribution < -0.4 is 0 Å². The molecule has 0 aromatic heterocycles. The van der Waals surface area contributed by atoms with Crippen molar-refractivity contribution in [3.05, 3.63) is 0 Å². The van der Waals surface area contributed by atoms with E-state index in [1.54, 1.807) is 0 Å². The Balaban J connectivity index is 3.70. The summed E-state index contributed by atoms with van der Waals surface area (Å²) in [6.45, 7) is 8.13. The predicted molar refractivity (Wildman–Crippen MR) is 73.0 cm³/mol. The molecular formula is C12H28N2S. The molecule has 0 bridgehead atoms. The second-order valence-corrected chi connectivity index (χ2v) is 4.97. The van der Waals surface area contributed by atoms with Crippen LogP contribution in [-0.2, 0) is 0 Å². The maximum Gasteiger partial charge on any atom is 0.0194 e. The summed E-state index contributed by atoms with van der Waals surface area (Å²) >= 11 is 4.23. The number of likely N-dealkylation sites (N-methyl/N-ethyl adjacent to an activating group) is 2. The second kappa shape index (κ2) is 9.49. The molecule has 1 unspecified atom stereocenters. The van der Waals surface area contributed by atoms with E-state index in [1.807, 2.05) is 0 Å². The van der Waals surface area contributed by atoms with E-state index < -0.39 is 0 Å². The maximum atomic E-state index is 4.23. The fraction of sp³-hybridized carbons (Fsp3) is 1.00. The third kappa shape index (κ3) is 8.12. The Kier molecular flexibility index (Phi) is 9.66. The molecule has 15 heavy (non-hydrogen) atoms. The fourth-order valence-corrected chi connectivity index (χ4v) is 2.16. The minimum Gasteiger partial charge on any atom is -0.308 e. The molecule has 0 aliphatic carbocycles. The summed E-state index contributed by atoms with van der Waals surface area (Å²) < 4.78 is 0. The van der Waals surface area contributed by atoms with Crippen molar-refractivity contribution in [2.75, 3.05) is 39.5 Å². The topological polar surface area (TPSA) is 6.48 Å². The molecule has 0 radical (unpaired) electrons. The van der Waals surface area contributed by atoms with Crippen LogP contribution in [-0.4, -0.2) is 55.3 Å². The van der Waals surface area contributed by atoms with Crippen molar-refractivity contribution >= 4 is 12.6 Å². The van der Waals surface area contributed by atoms with Crippen LogP contribution in [0.4, 0.5) is 0 Å². The molecule has 0 aromatic carbocycles. The Morgan fingerprint density at radius 2 is 1.80 bits per heavy atom. The van der Waals surface area contributed by atoms with E-state index >= 15 is 0 Å². The molecule has 0 saturated carbocycles. The molecule has 0 amide bonds. The fourth-order valence-electron chi connectivity index (χ4n) is 1.94. The molecule has 0 saturated heterocycles. The summed E-state index contributed by atoms with van der Waals surface area (Å²) in [5, 5.41) is 0. The summed E-state index contributed by atoms with van der Waals surface area (Å²) in [5.41, 5.74) is 0. The van der Waals surface area contributed by atoms with Gasteiger partial charge < -0.3 is 4.90 Å². The zero-order valence-electron chi connectivity index (χ0n) is 10.9. The lowest BCUT2D eigenvalue weighted by molar-refractivity contribution is 0.179. The van der Waals surface area contributed by atoms with Gasteiger partial charge in [0, 0.05) is 12.6 Å². The lowest BCUT2D eigenvalue weighted by atomic mass is 10.2. The van der Waals surface area contributed by atoms with Crippen molar-refractivity contribution < 1.29 is 0 Å². The van der Waals surface area contributed by atoms with Crippen LogP contribution in [0, 0.1) is 0 Å². The van der Waals surface area contributed by atoms with Gasteiger partial charge in [-0.25, -0.2) is 0 Å². The number of unbranched alkanes of at least 4 members (excludes halogenated alkanes) is 2. The molecule has 92 valence electrons. The van der Waals surface area contributed by atoms with Gasteiger partial charge in [0.2, 0.25) is 0 Å². The number of thiol groups is 1. The SMILES string of the molecule is CCN(CCCCCS)C(C)CN(C)C. The van der Waals surface area contributed by atoms with Crippen molar-refractivity contribution in [1.29, 1.82) is 0 Å². The summed E-state index contributed by atoms with van der Waals surface area (Å²) in [7, 11) is 4.29. The minimum absolute atomic E-state index is 0.668. The summed E-state index contributed by atoms with van der Waals surface area (Å²) in [6.07, 6.45) is 3.88. The van der Waals surface area contributed by atoms with Crippen LogP contribution in [0.3, 0.4) is 0 Å². The highest BCUT2D eigenvalue weighted by Gasteiger charge is 2.11. The first-order valence-electron chi connectivity index (χ1n) is 6.11. The molecule has 0 heterocycles. The number of rotatable bonds is 9. The van der Waals surface area contributed by atoms with Crippen LogP contribution in [0.2, 0.25) is 0 Å². The zero-order valence-corrected chi connectivity index (χ0v) is 11.8. The summed E-state index contributed by atoms with van der Waals surface area (Å²) in [4.78, 5) is 4.83. The van der Waals surface area contributed by atoms with Crippen LogP contribution in [0.25, 0.3) is 0 Å². The summed E-state index contributed by atoms with van der Waals surface area (Å²) in [6, 6.07) is 0.668. The van der Waals surface area contributed by atoms with Crippen molar-refractivity contribution in [3.8, 4) is 0 Å². The zero-order chi connectivity index (χ0) is 11.7. The van der Waals surface area contributed by atoms with Gasteiger partial charge in [0.1, 0.15) is 0 Å². The Bertz CT molecular complexity index is 140. The minimum atomic E-state index is 0.668. The van der Waals surface area contributed by atoms with Crippen LogP contribution in [0.1, 0.15) is 33.1 Å². The Hall–Kier alpha value is 0.270. The van der Waals surface area contributed by atoms with Gasteiger partial charge in [-0.05, 0) is 52.7 Å². The van der Waals surface area contributed by atoms with Crippen molar-refractivity contribution in [2.45, 2.75) is 39.2 Å². The van der Waals surface area contributed by atoms with E-state index in [4.69, 9.17) is 0 Å². The normalized spacial score (nSPS) is 13.8. The first-order chi connectivity index (χ1) is 7.11. The lowest BCUT2D eigenvalue weighted by Crippen LogP contribution is -2.40. The summed E-state index contributed by atoms with van der Waals surface area (Å²) in [5.74, 6) is 1.03. The van der Waals surface area contributed by atoms with Crippen molar-refractivity contribution in [3.63, 3.8) is 0 Å². The Labute approximate surface area is 101 Å². The van der Waals surface area contributed by atoms with Crippen molar-refractivity contribution in [2.24, 2.45) is 0 Å². The van der Waals surface area contributed by atoms with Gasteiger partial charge in [0.25, 0.3) is 0 Å². The third-order valence-corrected chi connectivity index (χ3v) is 3.08. The van der Waals surface area contributed by atoms with Gasteiger partial charge in [-0.1, -0.05) is 13.3 Å². The second-order valence-electron chi connectivity index (χ2n) is 4.52. The van der Waals surface area contributed by atoms with Gasteiger partial charge in [0.15, 0.2) is 0 Å². The van der Waals surface area contributed by atoms with Gasteiger partial charge in [-0.3, -0.25) is 4.90 Å². The first-order valence-corrected chi connectivity index (χ1v) is 6.74. The third-order valence-electron chi connectivity index (χ3n) is 2.76. The molecule has 0 rings (SSSR count). The molecule has 2 nitrogen and oxygen atoms in total. The smallest absolute Gasteiger partial charge is 0.0194 e. The Morgan fingerprint density at radius 1 is 1.13 bits per heavy atom. The van der Waals surface area contributed by atoms with Gasteiger partial charge in [0.05, 0.1) is 0 Å². The molecule has 0 aromatic rings. The van der Waals surface area contributed by atoms with E-state index in [9.17, 15) is 0 Å². The molecule has 0 aliphatic rings. The average molecular weight is 232 g/mol. The molecule has 0 spiro atoms. The van der Waals surface area contributed by atoms with Gasteiger partial charge in [-0.15, -0.1) is 0 Å². The van der Waals surface area contributed by atoms with Crippen LogP contribution in [0.15, 0.2) is 0 Å². The molecule has 1 atom stereocenters. The predicted octanol–water partition coefficient (Wildman–Crippen LogP) is 2.36. The van der Waals surface area contributed by atoms with Gasteiger partial charge in [-0.2, -0.15) is 12.6 Å². The number of nitrogens with zero attached hydrogens (tertiary/aromatic N) is 2. The number of hydrogen-bond donors (Lipinski definition) is 1. The highest BCUT2D eigenvalue weighted by atomic mass is 32.1. The van der Waals surface area contributed by atoms with Gasteiger partial charge >= 0.3 is 0 Å². The monoisotopic (exact) mass is 232 g/mol. The average Bonchev–Trinajstić information content (AvgIpc) is 2.16.